The van der Waals surface area contributed by atoms with Gasteiger partial charge in [0.05, 0.1) is 0 Å². The molecule has 0 aliphatic rings. The van der Waals surface area contributed by atoms with Crippen LogP contribution in [0.4, 0.5) is 0 Å². The van der Waals surface area contributed by atoms with Crippen LogP contribution in [0.5, 0.6) is 0 Å². The summed E-state index contributed by atoms with van der Waals surface area (Å²) in [5, 5.41) is 0. The average molecular weight is 541 g/mol. The fourth-order valence-corrected chi connectivity index (χ4v) is 0.592. The summed E-state index contributed by atoms with van der Waals surface area (Å²) in [6.45, 7) is 9.69. The van der Waals surface area contributed by atoms with Crippen molar-refractivity contribution in [2.45, 2.75) is 34.6 Å². The fraction of sp³-hybridized carbons (Fsp3) is 0.385. The Morgan fingerprint density at radius 3 is 1.75 bits per heavy atom. The van der Waals surface area contributed by atoms with Gasteiger partial charge in [-0.15, -0.1) is 0 Å². The molecular formula is C13H23WY2-3. The molecule has 3 heteroatoms. The van der Waals surface area contributed by atoms with Crippen LogP contribution in [0.15, 0.2) is 18.2 Å². The van der Waals surface area contributed by atoms with Gasteiger partial charge in [0.25, 0.3) is 0 Å². The van der Waals surface area contributed by atoms with Crippen molar-refractivity contribution in [3.05, 3.63) is 49.7 Å². The molecule has 0 aromatic heterocycles. The van der Waals surface area contributed by atoms with Gasteiger partial charge in [0.2, 0.25) is 0 Å². The summed E-state index contributed by atoms with van der Waals surface area (Å²) in [6.07, 6.45) is 1.00. The van der Waals surface area contributed by atoms with E-state index in [2.05, 4.69) is 32.9 Å². The van der Waals surface area contributed by atoms with Crippen LogP contribution in [0.1, 0.15) is 31.9 Å². The molecule has 0 atom stereocenters. The van der Waals surface area contributed by atoms with Crippen molar-refractivity contribution < 1.29 is 86.5 Å². The molecule has 0 unspecified atom stereocenters. The maximum absolute atomic E-state index is 3.49. The van der Waals surface area contributed by atoms with Gasteiger partial charge in [-0.1, -0.05) is 28.2 Å². The van der Waals surface area contributed by atoms with Crippen molar-refractivity contribution in [3.63, 3.8) is 0 Å². The molecule has 0 spiro atoms. The van der Waals surface area contributed by atoms with Gasteiger partial charge in [-0.2, -0.15) is 41.8 Å². The zero-order valence-electron chi connectivity index (χ0n) is 10.2. The van der Waals surface area contributed by atoms with Gasteiger partial charge >= 0.3 is 0 Å². The van der Waals surface area contributed by atoms with E-state index >= 15 is 0 Å². The second-order valence-corrected chi connectivity index (χ2v) is 2.51. The van der Waals surface area contributed by atoms with Crippen molar-refractivity contribution in [2.24, 2.45) is 0 Å². The third-order valence-electron chi connectivity index (χ3n) is 1.35. The second kappa shape index (κ2) is 25.8. The van der Waals surface area contributed by atoms with Crippen LogP contribution in [0.3, 0.4) is 0 Å². The normalized spacial score (nSPS) is 5.75. The topological polar surface area (TPSA) is 0 Å². The van der Waals surface area contributed by atoms with E-state index in [-0.39, 0.29) is 101 Å². The molecule has 0 heterocycles. The molecule has 0 bridgehead atoms. The third-order valence-corrected chi connectivity index (χ3v) is 1.35. The molecule has 1 aromatic rings. The van der Waals surface area contributed by atoms with Crippen molar-refractivity contribution >= 4 is 0 Å². The third kappa shape index (κ3) is 21.4. The molecule has 0 nitrogen and oxygen atoms in total. The van der Waals surface area contributed by atoms with Crippen molar-refractivity contribution in [2.75, 3.05) is 0 Å². The van der Waals surface area contributed by atoms with Crippen LogP contribution in [-0.2, 0) is 86.5 Å². The standard InChI is InChI=1S/C8H9.C3H7.CH4.CH3.W.2Y/c1-7-5-3-4-6-8(7)2;1-3-2;;;;;/h3,5-6H,1-2H3;1,3H2,2H3;1H4;1H3;;;/q2*-1;;-1;;;. The van der Waals surface area contributed by atoms with E-state index in [0.29, 0.717) is 0 Å². The Balaban J connectivity index is -0.0000000288. The van der Waals surface area contributed by atoms with E-state index in [4.69, 9.17) is 0 Å². The smallest absolute Gasteiger partial charge is 0 e. The van der Waals surface area contributed by atoms with Gasteiger partial charge in [0.1, 0.15) is 0 Å². The van der Waals surface area contributed by atoms with Crippen molar-refractivity contribution in [3.8, 4) is 0 Å². The molecule has 0 saturated heterocycles. The number of hydrogen-bond donors (Lipinski definition) is 0. The van der Waals surface area contributed by atoms with Crippen LogP contribution in [-0.4, -0.2) is 0 Å². The molecular weight excluding hydrogens is 518 g/mol. The number of aryl methyl sites for hydroxylation is 2. The van der Waals surface area contributed by atoms with Crippen LogP contribution >= 0.6 is 0 Å². The van der Waals surface area contributed by atoms with Gasteiger partial charge in [0.15, 0.2) is 0 Å². The Kier molecular flexibility index (Phi) is 58.4. The molecule has 1 rings (SSSR count). The summed E-state index contributed by atoms with van der Waals surface area (Å²) in [7, 11) is 0. The first-order chi connectivity index (χ1) is 5.22. The van der Waals surface area contributed by atoms with Gasteiger partial charge in [-0.3, -0.25) is 0 Å². The van der Waals surface area contributed by atoms with Crippen LogP contribution in [0.25, 0.3) is 0 Å². The zero-order valence-corrected chi connectivity index (χ0v) is 18.8. The van der Waals surface area contributed by atoms with Gasteiger partial charge in [-0.25, -0.2) is 0 Å². The largest absolute Gasteiger partial charge is 0.358 e. The van der Waals surface area contributed by atoms with Gasteiger partial charge in [0, 0.05) is 86.5 Å². The van der Waals surface area contributed by atoms with Crippen molar-refractivity contribution in [1.82, 2.24) is 0 Å². The maximum atomic E-state index is 3.49. The average Bonchev–Trinajstić information content (AvgIpc) is 1.97. The molecule has 0 aliphatic heterocycles. The van der Waals surface area contributed by atoms with Crippen LogP contribution in [0, 0.1) is 34.3 Å². The first-order valence-electron chi connectivity index (χ1n) is 3.95. The van der Waals surface area contributed by atoms with E-state index in [1.807, 2.05) is 19.1 Å². The monoisotopic (exact) mass is 541 g/mol. The first-order valence-corrected chi connectivity index (χ1v) is 3.95. The Morgan fingerprint density at radius 1 is 1.19 bits per heavy atom. The van der Waals surface area contributed by atoms with Gasteiger partial charge in [-0.05, 0) is 0 Å². The quantitative estimate of drug-likeness (QED) is 0.428. The Hall–Kier alpha value is 2.12. The van der Waals surface area contributed by atoms with Crippen LogP contribution < -0.4 is 0 Å². The fourth-order valence-electron chi connectivity index (χ4n) is 0.592. The molecule has 0 saturated carbocycles. The predicted molar refractivity (Wildman–Crippen MR) is 63.5 cm³/mol. The molecule has 0 fully saturated rings. The van der Waals surface area contributed by atoms with E-state index in [9.17, 15) is 0 Å². The minimum atomic E-state index is 0. The zero-order chi connectivity index (χ0) is 8.69. The predicted octanol–water partition coefficient (Wildman–Crippen LogP) is 4.41. The van der Waals surface area contributed by atoms with E-state index in [1.54, 1.807) is 0 Å². The minimum Gasteiger partial charge on any atom is -0.358 e. The second-order valence-electron chi connectivity index (χ2n) is 2.51. The Bertz CT molecular complexity index is 182. The Labute approximate surface area is 168 Å². The molecule has 1 aromatic carbocycles. The maximum Gasteiger partial charge on any atom is 0 e. The molecule has 0 aliphatic carbocycles. The van der Waals surface area contributed by atoms with Crippen LogP contribution in [0.2, 0.25) is 0 Å². The molecule has 2 radical (unpaired) electrons. The number of hydrogen-bond acceptors (Lipinski definition) is 0. The van der Waals surface area contributed by atoms with E-state index in [0.717, 1.165) is 6.42 Å². The summed E-state index contributed by atoms with van der Waals surface area (Å²) in [4.78, 5) is 0. The minimum absolute atomic E-state index is 0. The van der Waals surface area contributed by atoms with Crippen molar-refractivity contribution in [1.29, 1.82) is 0 Å². The van der Waals surface area contributed by atoms with E-state index in [1.165, 1.54) is 11.1 Å². The SMILES string of the molecule is C.Cc1c[c-]ccc1C.[CH2-]CC.[CH3-].[W].[Y].[Y]. The molecule has 90 valence electrons. The number of benzene rings is 1. The Morgan fingerprint density at radius 2 is 1.56 bits per heavy atom. The molecule has 16 heavy (non-hydrogen) atoms. The van der Waals surface area contributed by atoms with Gasteiger partial charge < -0.3 is 14.4 Å². The molecule has 0 N–H and O–H groups in total. The summed E-state index contributed by atoms with van der Waals surface area (Å²) in [5.41, 5.74) is 2.65. The summed E-state index contributed by atoms with van der Waals surface area (Å²) < 4.78 is 0. The van der Waals surface area contributed by atoms with E-state index < -0.39 is 0 Å². The summed E-state index contributed by atoms with van der Waals surface area (Å²) in [6, 6.07) is 8.99. The number of rotatable bonds is 0. The molecule has 0 amide bonds. The summed E-state index contributed by atoms with van der Waals surface area (Å²) >= 11 is 0. The first kappa shape index (κ1) is 36.2. The summed E-state index contributed by atoms with van der Waals surface area (Å²) in [5.74, 6) is 0.